The molecule has 2 bridgehead atoms. The minimum Gasteiger partial charge on any atom is -0.456 e. The van der Waals surface area contributed by atoms with Gasteiger partial charge in [0, 0.05) is 35.5 Å². The van der Waals surface area contributed by atoms with E-state index in [9.17, 15) is 4.79 Å². The number of fused-ring (bicyclic) bond motifs is 2. The van der Waals surface area contributed by atoms with Gasteiger partial charge in [-0.2, -0.15) is 0 Å². The van der Waals surface area contributed by atoms with Crippen molar-refractivity contribution in [2.24, 2.45) is 5.92 Å². The number of anilines is 1. The molecule has 2 saturated carbocycles. The highest BCUT2D eigenvalue weighted by molar-refractivity contribution is 5.90. The Morgan fingerprint density at radius 1 is 1.16 bits per heavy atom. The van der Waals surface area contributed by atoms with E-state index in [2.05, 4.69) is 29.1 Å². The number of carbonyl (C=O) groups excluding carboxylic acids is 1. The van der Waals surface area contributed by atoms with Crippen molar-refractivity contribution < 1.29 is 23.2 Å². The van der Waals surface area contributed by atoms with Gasteiger partial charge in [0.05, 0.1) is 24.0 Å². The number of rotatable bonds is 7. The lowest BCUT2D eigenvalue weighted by Gasteiger charge is -2.33. The molecule has 1 aliphatic heterocycles. The molecule has 3 aliphatic rings. The van der Waals surface area contributed by atoms with Crippen molar-refractivity contribution in [2.45, 2.75) is 83.6 Å². The molecule has 1 saturated heterocycles. The lowest BCUT2D eigenvalue weighted by molar-refractivity contribution is 0.00690. The Kier molecular flexibility index (Phi) is 6.29. The van der Waals surface area contributed by atoms with Crippen LogP contribution in [0, 0.1) is 18.7 Å². The number of carbonyl (C=O) groups is 1. The Balaban J connectivity index is 1.13. The second-order valence-electron chi connectivity index (χ2n) is 12.0. The first-order valence-electron chi connectivity index (χ1n) is 13.6. The smallest absolute Gasteiger partial charge is 0.338 e. The van der Waals surface area contributed by atoms with Crippen molar-refractivity contribution in [3.05, 3.63) is 70.7 Å². The van der Waals surface area contributed by atoms with Crippen molar-refractivity contribution in [1.82, 2.24) is 5.16 Å². The first kappa shape index (κ1) is 25.1. The third-order valence-electron chi connectivity index (χ3n) is 7.98. The second-order valence-corrected chi connectivity index (χ2v) is 12.0. The van der Waals surface area contributed by atoms with Gasteiger partial charge in [0.1, 0.15) is 22.9 Å². The van der Waals surface area contributed by atoms with E-state index >= 15 is 4.39 Å². The summed E-state index contributed by atoms with van der Waals surface area (Å²) in [4.78, 5) is 14.5. The van der Waals surface area contributed by atoms with Gasteiger partial charge in [-0.05, 0) is 77.1 Å². The number of hydrogen-bond donors (Lipinski definition) is 0. The van der Waals surface area contributed by atoms with Gasteiger partial charge in [-0.3, -0.25) is 0 Å². The predicted octanol–water partition coefficient (Wildman–Crippen LogP) is 6.81. The van der Waals surface area contributed by atoms with Crippen LogP contribution in [0.5, 0.6) is 0 Å². The molecule has 0 N–H and O–H groups in total. The van der Waals surface area contributed by atoms with Gasteiger partial charge < -0.3 is 18.9 Å². The van der Waals surface area contributed by atoms with Gasteiger partial charge in [-0.25, -0.2) is 9.18 Å². The molecule has 6 nitrogen and oxygen atoms in total. The zero-order valence-electron chi connectivity index (χ0n) is 22.5. The standard InChI is InChI=1S/C31H35FN2O4/c1-18-7-5-6-8-23(18)28-24(29(38-33-28)19-9-10-19)17-36-27-15-22-13-21(27)16-34(22)26-12-11-20(14-25(26)32)30(35)37-31(2,3)4/h5-8,11-12,14,19,21-22,27H,9-10,13,15-17H2,1-4H3/t21-,22-,27+/m0/s1. The number of nitrogens with zero attached hydrogens (tertiary/aromatic N) is 2. The van der Waals surface area contributed by atoms with Crippen LogP contribution < -0.4 is 4.90 Å². The third-order valence-corrected chi connectivity index (χ3v) is 7.98. The van der Waals surface area contributed by atoms with Crippen molar-refractivity contribution >= 4 is 11.7 Å². The van der Waals surface area contributed by atoms with Gasteiger partial charge >= 0.3 is 5.97 Å². The minimum atomic E-state index is -0.623. The maximum atomic E-state index is 15.1. The Labute approximate surface area is 223 Å². The van der Waals surface area contributed by atoms with E-state index in [1.165, 1.54) is 11.6 Å². The van der Waals surface area contributed by atoms with E-state index in [4.69, 9.17) is 14.0 Å². The average molecular weight is 519 g/mol. The van der Waals surface area contributed by atoms with Crippen LogP contribution in [0.15, 0.2) is 47.0 Å². The maximum Gasteiger partial charge on any atom is 0.338 e. The quantitative estimate of drug-likeness (QED) is 0.320. The number of piperidine rings is 1. The largest absolute Gasteiger partial charge is 0.456 e. The second kappa shape index (κ2) is 9.53. The maximum absolute atomic E-state index is 15.1. The number of hydrogen-bond acceptors (Lipinski definition) is 6. The van der Waals surface area contributed by atoms with Crippen LogP contribution in [-0.4, -0.2) is 35.4 Å². The Bertz CT molecular complexity index is 1360. The van der Waals surface area contributed by atoms with E-state index < -0.39 is 11.6 Å². The molecule has 3 fully saturated rings. The highest BCUT2D eigenvalue weighted by Crippen LogP contribution is 2.46. The van der Waals surface area contributed by atoms with Gasteiger partial charge in [0.15, 0.2) is 0 Å². The Morgan fingerprint density at radius 2 is 1.95 bits per heavy atom. The first-order valence-corrected chi connectivity index (χ1v) is 13.6. The topological polar surface area (TPSA) is 64.8 Å². The van der Waals surface area contributed by atoms with E-state index in [0.29, 0.717) is 24.1 Å². The Hall–Kier alpha value is -3.19. The summed E-state index contributed by atoms with van der Waals surface area (Å²) in [7, 11) is 0. The molecule has 1 aromatic heterocycles. The normalized spacial score (nSPS) is 22.8. The van der Waals surface area contributed by atoms with E-state index in [-0.39, 0.29) is 23.5 Å². The fourth-order valence-electron chi connectivity index (χ4n) is 5.98. The number of ether oxygens (including phenoxy) is 2. The summed E-state index contributed by atoms with van der Waals surface area (Å²) in [5, 5.41) is 4.46. The zero-order chi connectivity index (χ0) is 26.6. The summed E-state index contributed by atoms with van der Waals surface area (Å²) >= 11 is 0. The van der Waals surface area contributed by atoms with Gasteiger partial charge in [-0.15, -0.1) is 0 Å². The van der Waals surface area contributed by atoms with Gasteiger partial charge in [0.2, 0.25) is 0 Å². The molecule has 0 radical (unpaired) electrons. The molecule has 3 atom stereocenters. The molecule has 2 aromatic carbocycles. The van der Waals surface area contributed by atoms with Crippen molar-refractivity contribution in [3.63, 3.8) is 0 Å². The van der Waals surface area contributed by atoms with Crippen LogP contribution in [0.1, 0.15) is 79.6 Å². The van der Waals surface area contributed by atoms with Crippen LogP contribution in [0.2, 0.25) is 0 Å². The number of benzene rings is 2. The van der Waals surface area contributed by atoms with Gasteiger partial charge in [0.25, 0.3) is 0 Å². The molecule has 3 aromatic rings. The van der Waals surface area contributed by atoms with Crippen LogP contribution in [0.25, 0.3) is 11.3 Å². The molecule has 7 heteroatoms. The molecule has 2 heterocycles. The molecule has 0 unspecified atom stereocenters. The SMILES string of the molecule is Cc1ccccc1-c1noc(C2CC2)c1CO[C@@H]1C[C@@H]2C[C@H]1CN2c1ccc(C(=O)OC(C)(C)C)cc1F. The first-order chi connectivity index (χ1) is 18.2. The molecule has 38 heavy (non-hydrogen) atoms. The monoisotopic (exact) mass is 518 g/mol. The van der Waals surface area contributed by atoms with Crippen LogP contribution in [0.4, 0.5) is 10.1 Å². The predicted molar refractivity (Wildman–Crippen MR) is 143 cm³/mol. The summed E-state index contributed by atoms with van der Waals surface area (Å²) in [5.74, 6) is 0.848. The molecule has 200 valence electrons. The lowest BCUT2D eigenvalue weighted by Crippen LogP contribution is -2.39. The number of aromatic nitrogens is 1. The van der Waals surface area contributed by atoms with Crippen LogP contribution in [0.3, 0.4) is 0 Å². The molecule has 0 amide bonds. The number of esters is 1. The fraction of sp³-hybridized carbons (Fsp3) is 0.484. The molecule has 0 spiro atoms. The molecule has 2 aliphatic carbocycles. The van der Waals surface area contributed by atoms with Crippen molar-refractivity contribution in [2.75, 3.05) is 11.4 Å². The number of aryl methyl sites for hydroxylation is 1. The van der Waals surface area contributed by atoms with Crippen molar-refractivity contribution in [1.29, 1.82) is 0 Å². The van der Waals surface area contributed by atoms with E-state index in [1.54, 1.807) is 32.9 Å². The van der Waals surface area contributed by atoms with E-state index in [1.807, 2.05) is 12.1 Å². The third kappa shape index (κ3) is 4.84. The Morgan fingerprint density at radius 3 is 2.61 bits per heavy atom. The van der Waals surface area contributed by atoms with E-state index in [0.717, 1.165) is 54.8 Å². The van der Waals surface area contributed by atoms with Crippen LogP contribution in [-0.2, 0) is 16.1 Å². The summed E-state index contributed by atoms with van der Waals surface area (Å²) < 4.78 is 32.9. The highest BCUT2D eigenvalue weighted by Gasteiger charge is 2.46. The van der Waals surface area contributed by atoms with Crippen LogP contribution >= 0.6 is 0 Å². The fourth-order valence-corrected chi connectivity index (χ4v) is 5.98. The zero-order valence-corrected chi connectivity index (χ0v) is 22.5. The van der Waals surface area contributed by atoms with Gasteiger partial charge in [-0.1, -0.05) is 29.4 Å². The summed E-state index contributed by atoms with van der Waals surface area (Å²) in [6, 6.07) is 13.1. The van der Waals surface area contributed by atoms with Crippen molar-refractivity contribution in [3.8, 4) is 11.3 Å². The number of halogens is 1. The summed E-state index contributed by atoms with van der Waals surface area (Å²) in [5.41, 5.74) is 4.37. The molecule has 6 rings (SSSR count). The summed E-state index contributed by atoms with van der Waals surface area (Å²) in [6.45, 7) is 8.71. The lowest BCUT2D eigenvalue weighted by atomic mass is 10.0. The highest BCUT2D eigenvalue weighted by atomic mass is 19.1. The molecular weight excluding hydrogens is 483 g/mol. The average Bonchev–Trinajstić information content (AvgIpc) is 3.32. The summed E-state index contributed by atoms with van der Waals surface area (Å²) in [6.07, 6.45) is 4.21. The minimum absolute atomic E-state index is 0.118. The molecular formula is C31H35FN2O4.